The van der Waals surface area contributed by atoms with Crippen molar-refractivity contribution in [3.05, 3.63) is 29.8 Å². The standard InChI is InChI=1S/C18H23N7OS2/c1-4-24(5-2)14-9-7-13(8-10-14)16-21-23-18(25(16)6-3)27-11-15(26)20-17-22-19-12-28-17/h7-10,12H,4-6,11H2,1-3H3,(H,20,22,26). The summed E-state index contributed by atoms with van der Waals surface area (Å²) in [6.07, 6.45) is 0. The van der Waals surface area contributed by atoms with Crippen molar-refractivity contribution in [2.24, 2.45) is 0 Å². The predicted octanol–water partition coefficient (Wildman–Crippen LogP) is 3.39. The number of benzene rings is 1. The van der Waals surface area contributed by atoms with Gasteiger partial charge in [-0.1, -0.05) is 23.1 Å². The third-order valence-electron chi connectivity index (χ3n) is 4.23. The van der Waals surface area contributed by atoms with Gasteiger partial charge in [-0.25, -0.2) is 0 Å². The van der Waals surface area contributed by atoms with Crippen LogP contribution in [0.1, 0.15) is 20.8 Å². The minimum Gasteiger partial charge on any atom is -0.372 e. The van der Waals surface area contributed by atoms with E-state index in [1.165, 1.54) is 28.8 Å². The number of carbonyl (C=O) groups excluding carboxylic acids is 1. The van der Waals surface area contributed by atoms with Crippen molar-refractivity contribution in [1.82, 2.24) is 25.0 Å². The molecule has 0 unspecified atom stereocenters. The van der Waals surface area contributed by atoms with Crippen LogP contribution in [0, 0.1) is 0 Å². The van der Waals surface area contributed by atoms with E-state index in [1.807, 2.05) is 11.5 Å². The smallest absolute Gasteiger partial charge is 0.236 e. The molecule has 1 amide bonds. The number of rotatable bonds is 9. The van der Waals surface area contributed by atoms with Gasteiger partial charge in [0.25, 0.3) is 0 Å². The zero-order valence-corrected chi connectivity index (χ0v) is 17.8. The van der Waals surface area contributed by atoms with Crippen molar-refractivity contribution in [3.63, 3.8) is 0 Å². The third kappa shape index (κ3) is 4.68. The molecule has 0 aliphatic heterocycles. The van der Waals surface area contributed by atoms with Gasteiger partial charge in [-0.2, -0.15) is 0 Å². The lowest BCUT2D eigenvalue weighted by Crippen LogP contribution is -2.21. The van der Waals surface area contributed by atoms with Crippen LogP contribution < -0.4 is 10.2 Å². The monoisotopic (exact) mass is 417 g/mol. The van der Waals surface area contributed by atoms with Gasteiger partial charge in [0.05, 0.1) is 5.75 Å². The number of aromatic nitrogens is 5. The lowest BCUT2D eigenvalue weighted by molar-refractivity contribution is -0.113. The Hall–Kier alpha value is -2.46. The molecular formula is C18H23N7OS2. The molecule has 1 N–H and O–H groups in total. The Labute approximate surface area is 172 Å². The van der Waals surface area contributed by atoms with Crippen LogP contribution in [0.4, 0.5) is 10.8 Å². The van der Waals surface area contributed by atoms with E-state index in [0.717, 1.165) is 36.2 Å². The van der Waals surface area contributed by atoms with E-state index in [-0.39, 0.29) is 11.7 Å². The molecule has 0 saturated heterocycles. The summed E-state index contributed by atoms with van der Waals surface area (Å²) in [4.78, 5) is 14.4. The maximum Gasteiger partial charge on any atom is 0.236 e. The van der Waals surface area contributed by atoms with Crippen LogP contribution in [0.5, 0.6) is 0 Å². The first-order valence-electron chi connectivity index (χ1n) is 9.13. The Morgan fingerprint density at radius 3 is 2.50 bits per heavy atom. The van der Waals surface area contributed by atoms with Gasteiger partial charge in [-0.15, -0.1) is 20.4 Å². The Morgan fingerprint density at radius 1 is 1.14 bits per heavy atom. The van der Waals surface area contributed by atoms with Gasteiger partial charge in [0.2, 0.25) is 11.0 Å². The number of thioether (sulfide) groups is 1. The van der Waals surface area contributed by atoms with E-state index in [2.05, 4.69) is 68.7 Å². The first-order valence-corrected chi connectivity index (χ1v) is 11.0. The maximum absolute atomic E-state index is 12.1. The Kier molecular flexibility index (Phi) is 6.99. The molecule has 8 nitrogen and oxygen atoms in total. The molecule has 1 aromatic carbocycles. The molecule has 10 heteroatoms. The van der Waals surface area contributed by atoms with E-state index in [4.69, 9.17) is 0 Å². The summed E-state index contributed by atoms with van der Waals surface area (Å²) >= 11 is 2.65. The molecule has 0 atom stereocenters. The molecule has 0 spiro atoms. The normalized spacial score (nSPS) is 10.8. The number of carbonyl (C=O) groups is 1. The molecule has 148 valence electrons. The molecule has 2 heterocycles. The number of nitrogens with one attached hydrogen (secondary N) is 1. The Morgan fingerprint density at radius 2 is 1.89 bits per heavy atom. The van der Waals surface area contributed by atoms with Gasteiger partial charge < -0.3 is 9.47 Å². The van der Waals surface area contributed by atoms with Crippen molar-refractivity contribution >= 4 is 39.8 Å². The average Bonchev–Trinajstić information content (AvgIpc) is 3.37. The minimum atomic E-state index is -0.141. The van der Waals surface area contributed by atoms with Crippen molar-refractivity contribution in [2.75, 3.05) is 29.1 Å². The summed E-state index contributed by atoms with van der Waals surface area (Å²) in [6, 6.07) is 8.36. The number of nitrogens with zero attached hydrogens (tertiary/aromatic N) is 6. The molecule has 0 bridgehead atoms. The van der Waals surface area contributed by atoms with E-state index >= 15 is 0 Å². The first kappa shape index (κ1) is 20.3. The van der Waals surface area contributed by atoms with E-state index < -0.39 is 0 Å². The number of hydrogen-bond donors (Lipinski definition) is 1. The largest absolute Gasteiger partial charge is 0.372 e. The van der Waals surface area contributed by atoms with Crippen molar-refractivity contribution in [2.45, 2.75) is 32.5 Å². The van der Waals surface area contributed by atoms with Crippen LogP contribution in [-0.4, -0.2) is 49.7 Å². The summed E-state index contributed by atoms with van der Waals surface area (Å²) in [7, 11) is 0. The van der Waals surface area contributed by atoms with E-state index in [0.29, 0.717) is 5.13 Å². The molecule has 0 aliphatic carbocycles. The maximum atomic E-state index is 12.1. The SMILES string of the molecule is CCN(CC)c1ccc(-c2nnc(SCC(=O)Nc3nncs3)n2CC)cc1. The Balaban J connectivity index is 1.70. The highest BCUT2D eigenvalue weighted by molar-refractivity contribution is 7.99. The third-order valence-corrected chi connectivity index (χ3v) is 5.80. The van der Waals surface area contributed by atoms with Crippen molar-refractivity contribution in [3.8, 4) is 11.4 Å². The average molecular weight is 418 g/mol. The van der Waals surface area contributed by atoms with Crippen molar-refractivity contribution in [1.29, 1.82) is 0 Å². The second kappa shape index (κ2) is 9.65. The predicted molar refractivity (Wildman–Crippen MR) is 114 cm³/mol. The molecular weight excluding hydrogens is 394 g/mol. The summed E-state index contributed by atoms with van der Waals surface area (Å²) in [6.45, 7) is 9.01. The Bertz CT molecular complexity index is 889. The fraction of sp³-hybridized carbons (Fsp3) is 0.389. The van der Waals surface area contributed by atoms with Crippen LogP contribution in [0.25, 0.3) is 11.4 Å². The second-order valence-corrected chi connectivity index (χ2v) is 7.63. The van der Waals surface area contributed by atoms with E-state index in [1.54, 1.807) is 5.51 Å². The fourth-order valence-corrected chi connectivity index (χ4v) is 4.08. The van der Waals surface area contributed by atoms with E-state index in [9.17, 15) is 4.79 Å². The highest BCUT2D eigenvalue weighted by atomic mass is 32.2. The number of amides is 1. The topological polar surface area (TPSA) is 88.8 Å². The van der Waals surface area contributed by atoms with Gasteiger partial charge in [-0.3, -0.25) is 10.1 Å². The highest BCUT2D eigenvalue weighted by Gasteiger charge is 2.15. The summed E-state index contributed by atoms with van der Waals surface area (Å²) in [5.41, 5.74) is 3.78. The van der Waals surface area contributed by atoms with Crippen LogP contribution in [0.15, 0.2) is 34.9 Å². The summed E-state index contributed by atoms with van der Waals surface area (Å²) < 4.78 is 2.02. The number of anilines is 2. The first-order chi connectivity index (χ1) is 13.7. The van der Waals surface area contributed by atoms with Gasteiger partial charge in [0, 0.05) is 30.9 Å². The zero-order chi connectivity index (χ0) is 19.9. The van der Waals surface area contributed by atoms with Gasteiger partial charge in [0.1, 0.15) is 5.51 Å². The van der Waals surface area contributed by atoms with Crippen LogP contribution in [0.3, 0.4) is 0 Å². The van der Waals surface area contributed by atoms with Crippen LogP contribution in [0.2, 0.25) is 0 Å². The molecule has 0 fully saturated rings. The summed E-state index contributed by atoms with van der Waals surface area (Å²) in [5, 5.41) is 20.1. The molecule has 3 rings (SSSR count). The number of hydrogen-bond acceptors (Lipinski definition) is 8. The molecule has 0 aliphatic rings. The molecule has 2 aromatic heterocycles. The zero-order valence-electron chi connectivity index (χ0n) is 16.1. The molecule has 28 heavy (non-hydrogen) atoms. The lowest BCUT2D eigenvalue weighted by Gasteiger charge is -2.21. The quantitative estimate of drug-likeness (QED) is 0.534. The second-order valence-electron chi connectivity index (χ2n) is 5.85. The van der Waals surface area contributed by atoms with Crippen LogP contribution in [-0.2, 0) is 11.3 Å². The van der Waals surface area contributed by atoms with Crippen LogP contribution >= 0.6 is 23.1 Å². The minimum absolute atomic E-state index is 0.141. The molecule has 3 aromatic rings. The van der Waals surface area contributed by atoms with Crippen molar-refractivity contribution < 1.29 is 4.79 Å². The molecule has 0 saturated carbocycles. The lowest BCUT2D eigenvalue weighted by atomic mass is 10.2. The highest BCUT2D eigenvalue weighted by Crippen LogP contribution is 2.26. The molecule has 0 radical (unpaired) electrons. The fourth-order valence-electron chi connectivity index (χ4n) is 2.82. The summed E-state index contributed by atoms with van der Waals surface area (Å²) in [5.74, 6) is 0.900. The van der Waals surface area contributed by atoms with Gasteiger partial charge >= 0.3 is 0 Å². The van der Waals surface area contributed by atoms with Gasteiger partial charge in [0.15, 0.2) is 11.0 Å². The van der Waals surface area contributed by atoms with Gasteiger partial charge in [-0.05, 0) is 45.0 Å².